The maximum Gasteiger partial charge on any atom is 0.340 e. The third-order valence-corrected chi connectivity index (χ3v) is 3.66. The van der Waals surface area contributed by atoms with Crippen LogP contribution in [-0.2, 0) is 11.3 Å². The van der Waals surface area contributed by atoms with E-state index in [1.54, 1.807) is 6.07 Å². The van der Waals surface area contributed by atoms with Crippen LogP contribution < -0.4 is 0 Å². The Hall–Kier alpha value is -1.46. The van der Waals surface area contributed by atoms with Gasteiger partial charge in [-0.2, -0.15) is 0 Å². The van der Waals surface area contributed by atoms with E-state index in [0.717, 1.165) is 38.2 Å². The van der Waals surface area contributed by atoms with Crippen LogP contribution in [0.1, 0.15) is 22.3 Å². The van der Waals surface area contributed by atoms with Crippen LogP contribution in [0.25, 0.3) is 0 Å². The highest BCUT2D eigenvalue weighted by Crippen LogP contribution is 2.14. The quantitative estimate of drug-likeness (QED) is 0.790. The molecule has 20 heavy (non-hydrogen) atoms. The molecule has 0 spiro atoms. The molecule has 0 saturated carbocycles. The van der Waals surface area contributed by atoms with E-state index >= 15 is 0 Å². The minimum atomic E-state index is -0.634. The summed E-state index contributed by atoms with van der Waals surface area (Å²) in [6, 6.07) is 4.73. The number of benzene rings is 1. The smallest absolute Gasteiger partial charge is 0.340 e. The molecule has 0 aliphatic carbocycles. The molecule has 4 nitrogen and oxygen atoms in total. The molecule has 5 heteroatoms. The lowest BCUT2D eigenvalue weighted by Gasteiger charge is -2.20. The van der Waals surface area contributed by atoms with E-state index in [0.29, 0.717) is 6.54 Å². The molecule has 0 amide bonds. The van der Waals surface area contributed by atoms with Gasteiger partial charge in [-0.15, -0.1) is 0 Å². The van der Waals surface area contributed by atoms with Gasteiger partial charge in [0.2, 0.25) is 0 Å². The molecule has 1 aromatic carbocycles. The van der Waals surface area contributed by atoms with E-state index in [9.17, 15) is 9.18 Å². The number of esters is 1. The van der Waals surface area contributed by atoms with Gasteiger partial charge in [0, 0.05) is 19.6 Å². The summed E-state index contributed by atoms with van der Waals surface area (Å²) in [5.41, 5.74) is 0.881. The fourth-order valence-corrected chi connectivity index (χ4v) is 2.45. The van der Waals surface area contributed by atoms with Gasteiger partial charge < -0.3 is 9.64 Å². The molecular formula is C15H21FN2O2. The number of hydrogen-bond donors (Lipinski definition) is 0. The normalized spacial score (nSPS) is 17.8. The molecule has 0 unspecified atom stereocenters. The summed E-state index contributed by atoms with van der Waals surface area (Å²) in [5.74, 6) is -1.15. The lowest BCUT2D eigenvalue weighted by atomic mass is 10.1. The zero-order chi connectivity index (χ0) is 14.5. The average Bonchev–Trinajstić information content (AvgIpc) is 2.63. The Labute approximate surface area is 119 Å². The van der Waals surface area contributed by atoms with Crippen LogP contribution >= 0.6 is 0 Å². The Balaban J connectivity index is 2.03. The lowest BCUT2D eigenvalue weighted by molar-refractivity contribution is 0.0595. The number of ether oxygens (including phenoxy) is 1. The first kappa shape index (κ1) is 14.9. The summed E-state index contributed by atoms with van der Waals surface area (Å²) < 4.78 is 18.4. The second-order valence-electron chi connectivity index (χ2n) is 5.24. The van der Waals surface area contributed by atoms with Gasteiger partial charge in [-0.3, -0.25) is 4.90 Å². The van der Waals surface area contributed by atoms with Crippen LogP contribution in [-0.4, -0.2) is 56.1 Å². The minimum Gasteiger partial charge on any atom is -0.465 e. The van der Waals surface area contributed by atoms with Crippen LogP contribution in [0.3, 0.4) is 0 Å². The van der Waals surface area contributed by atoms with E-state index in [4.69, 9.17) is 0 Å². The maximum atomic E-state index is 13.9. The van der Waals surface area contributed by atoms with Crippen LogP contribution in [0.5, 0.6) is 0 Å². The highest BCUT2D eigenvalue weighted by Gasteiger charge is 2.15. The van der Waals surface area contributed by atoms with Gasteiger partial charge in [0.1, 0.15) is 5.82 Å². The minimum absolute atomic E-state index is 0.00755. The molecule has 0 radical (unpaired) electrons. The van der Waals surface area contributed by atoms with E-state index < -0.39 is 11.8 Å². The standard InChI is InChI=1S/C15H21FN2O2/c1-17-6-3-7-18(9-8-17)11-12-4-5-13(14(16)10-12)15(19)20-2/h4-5,10H,3,6-9,11H2,1-2H3. The van der Waals surface area contributed by atoms with Crippen molar-refractivity contribution in [2.75, 3.05) is 40.3 Å². The van der Waals surface area contributed by atoms with E-state index in [-0.39, 0.29) is 5.56 Å². The topological polar surface area (TPSA) is 32.8 Å². The van der Waals surface area contributed by atoms with E-state index in [1.807, 2.05) is 0 Å². The molecule has 110 valence electrons. The summed E-state index contributed by atoms with van der Waals surface area (Å²) in [7, 11) is 3.37. The predicted octanol–water partition coefficient (Wildman–Crippen LogP) is 1.75. The number of likely N-dealkylation sites (N-methyl/N-ethyl adjacent to an activating group) is 1. The van der Waals surface area contributed by atoms with Crippen molar-refractivity contribution in [2.45, 2.75) is 13.0 Å². The molecular weight excluding hydrogens is 259 g/mol. The van der Waals surface area contributed by atoms with Gasteiger partial charge in [0.15, 0.2) is 0 Å². The van der Waals surface area contributed by atoms with Crippen molar-refractivity contribution in [1.82, 2.24) is 9.80 Å². The molecule has 1 fully saturated rings. The fraction of sp³-hybridized carbons (Fsp3) is 0.533. The molecule has 0 atom stereocenters. The summed E-state index contributed by atoms with van der Waals surface area (Å²) in [5, 5.41) is 0. The van der Waals surface area contributed by atoms with Crippen LogP contribution in [0, 0.1) is 5.82 Å². The Kier molecular flexibility index (Phi) is 5.09. The van der Waals surface area contributed by atoms with Gasteiger partial charge in [0.05, 0.1) is 12.7 Å². The highest BCUT2D eigenvalue weighted by atomic mass is 19.1. The van der Waals surface area contributed by atoms with Crippen molar-refractivity contribution < 1.29 is 13.9 Å². The molecule has 1 aliphatic rings. The molecule has 0 aromatic heterocycles. The molecule has 1 aliphatic heterocycles. The summed E-state index contributed by atoms with van der Waals surface area (Å²) in [6.45, 7) is 4.85. The predicted molar refractivity (Wildman–Crippen MR) is 75.1 cm³/mol. The second-order valence-corrected chi connectivity index (χ2v) is 5.24. The van der Waals surface area contributed by atoms with Crippen molar-refractivity contribution in [3.8, 4) is 0 Å². The zero-order valence-corrected chi connectivity index (χ0v) is 12.1. The number of hydrogen-bond acceptors (Lipinski definition) is 4. The Morgan fingerprint density at radius 1 is 1.30 bits per heavy atom. The largest absolute Gasteiger partial charge is 0.465 e. The summed E-state index contributed by atoms with van der Waals surface area (Å²) >= 11 is 0. The number of carbonyl (C=O) groups excluding carboxylic acids is 1. The third kappa shape index (κ3) is 3.77. The number of methoxy groups -OCH3 is 1. The van der Waals surface area contributed by atoms with Crippen LogP contribution in [0.4, 0.5) is 4.39 Å². The lowest BCUT2D eigenvalue weighted by Crippen LogP contribution is -2.28. The zero-order valence-electron chi connectivity index (χ0n) is 12.1. The molecule has 1 heterocycles. The SMILES string of the molecule is COC(=O)c1ccc(CN2CCCN(C)CC2)cc1F. The van der Waals surface area contributed by atoms with Crippen LogP contribution in [0.2, 0.25) is 0 Å². The van der Waals surface area contributed by atoms with Crippen LogP contribution in [0.15, 0.2) is 18.2 Å². The summed E-state index contributed by atoms with van der Waals surface area (Å²) in [4.78, 5) is 16.0. The first-order chi connectivity index (χ1) is 9.60. The van der Waals surface area contributed by atoms with Crippen molar-refractivity contribution in [1.29, 1.82) is 0 Å². The number of halogens is 1. The fourth-order valence-electron chi connectivity index (χ4n) is 2.45. The second kappa shape index (κ2) is 6.81. The molecule has 1 aromatic rings. The van der Waals surface area contributed by atoms with Crippen molar-refractivity contribution in [2.24, 2.45) is 0 Å². The van der Waals surface area contributed by atoms with E-state index in [1.165, 1.54) is 19.2 Å². The van der Waals surface area contributed by atoms with Gasteiger partial charge in [-0.1, -0.05) is 6.07 Å². The molecule has 0 N–H and O–H groups in total. The molecule has 0 bridgehead atoms. The average molecular weight is 280 g/mol. The monoisotopic (exact) mass is 280 g/mol. The number of carbonyl (C=O) groups is 1. The number of nitrogens with zero attached hydrogens (tertiary/aromatic N) is 2. The summed E-state index contributed by atoms with van der Waals surface area (Å²) in [6.07, 6.45) is 1.12. The first-order valence-electron chi connectivity index (χ1n) is 6.88. The first-order valence-corrected chi connectivity index (χ1v) is 6.88. The van der Waals surface area contributed by atoms with Gasteiger partial charge in [-0.05, 0) is 44.3 Å². The van der Waals surface area contributed by atoms with Gasteiger partial charge in [0.25, 0.3) is 0 Å². The number of rotatable bonds is 3. The van der Waals surface area contributed by atoms with Crippen molar-refractivity contribution >= 4 is 5.97 Å². The van der Waals surface area contributed by atoms with Gasteiger partial charge in [-0.25, -0.2) is 9.18 Å². The molecule has 2 rings (SSSR count). The van der Waals surface area contributed by atoms with Crippen molar-refractivity contribution in [3.05, 3.63) is 35.1 Å². The van der Waals surface area contributed by atoms with Gasteiger partial charge >= 0.3 is 5.97 Å². The van der Waals surface area contributed by atoms with E-state index in [2.05, 4.69) is 21.6 Å². The molecule has 1 saturated heterocycles. The highest BCUT2D eigenvalue weighted by molar-refractivity contribution is 5.89. The third-order valence-electron chi connectivity index (χ3n) is 3.66. The Bertz CT molecular complexity index is 479. The Morgan fingerprint density at radius 2 is 2.10 bits per heavy atom. The van der Waals surface area contributed by atoms with Crippen molar-refractivity contribution in [3.63, 3.8) is 0 Å². The Morgan fingerprint density at radius 3 is 2.80 bits per heavy atom. The maximum absolute atomic E-state index is 13.9.